The molecule has 9 heteroatoms. The van der Waals surface area contributed by atoms with Crippen LogP contribution in [0.15, 0.2) is 58.4 Å². The molecule has 1 aromatic carbocycles. The number of imidazole rings is 1. The van der Waals surface area contributed by atoms with Gasteiger partial charge in [0.1, 0.15) is 18.1 Å². The molecule has 1 saturated heterocycles. The number of hydrogen-bond acceptors (Lipinski definition) is 7. The standard InChI is InChI=1S/C25H32N4O4S/c1-28(20-8-13-31-14-9-20)12-15-32-21-5-3-4-19(16-21)17-27-24(30)23-7-6-22(33-23)18-34-25-26-10-11-29(25)2/h3-7,10-11,16,20H,8-9,12-15,17-18H2,1-2H3,(H,27,30). The van der Waals surface area contributed by atoms with Crippen molar-refractivity contribution in [3.8, 4) is 5.75 Å². The number of nitrogens with one attached hydrogen (secondary N) is 1. The lowest BCUT2D eigenvalue weighted by atomic mass is 10.1. The van der Waals surface area contributed by atoms with Gasteiger partial charge in [0.15, 0.2) is 10.9 Å². The third-order valence-electron chi connectivity index (χ3n) is 5.88. The van der Waals surface area contributed by atoms with E-state index in [-0.39, 0.29) is 5.91 Å². The topological polar surface area (TPSA) is 81.8 Å². The van der Waals surface area contributed by atoms with Crippen molar-refractivity contribution >= 4 is 17.7 Å². The minimum Gasteiger partial charge on any atom is -0.492 e. The molecule has 2 aromatic heterocycles. The van der Waals surface area contributed by atoms with Gasteiger partial charge >= 0.3 is 0 Å². The van der Waals surface area contributed by atoms with Crippen LogP contribution in [0.1, 0.15) is 34.7 Å². The number of hydrogen-bond donors (Lipinski definition) is 1. The molecule has 1 amide bonds. The van der Waals surface area contributed by atoms with Crippen LogP contribution < -0.4 is 10.1 Å². The second-order valence-electron chi connectivity index (χ2n) is 8.38. The molecule has 4 rings (SSSR count). The van der Waals surface area contributed by atoms with Crippen LogP contribution in [0, 0.1) is 0 Å². The van der Waals surface area contributed by atoms with Gasteiger partial charge in [0.05, 0.1) is 5.75 Å². The van der Waals surface area contributed by atoms with E-state index in [4.69, 9.17) is 13.9 Å². The molecule has 0 atom stereocenters. The highest BCUT2D eigenvalue weighted by Crippen LogP contribution is 2.22. The van der Waals surface area contributed by atoms with Crippen LogP contribution in [0.5, 0.6) is 5.75 Å². The summed E-state index contributed by atoms with van der Waals surface area (Å²) in [5.74, 6) is 2.22. The van der Waals surface area contributed by atoms with Gasteiger partial charge < -0.3 is 23.8 Å². The Hall–Kier alpha value is -2.75. The lowest BCUT2D eigenvalue weighted by molar-refractivity contribution is 0.0392. The zero-order chi connectivity index (χ0) is 23.8. The van der Waals surface area contributed by atoms with Crippen molar-refractivity contribution in [1.82, 2.24) is 19.8 Å². The van der Waals surface area contributed by atoms with Gasteiger partial charge in [-0.2, -0.15) is 0 Å². The van der Waals surface area contributed by atoms with E-state index in [1.54, 1.807) is 24.0 Å². The summed E-state index contributed by atoms with van der Waals surface area (Å²) in [4.78, 5) is 19.2. The highest BCUT2D eigenvalue weighted by molar-refractivity contribution is 7.98. The van der Waals surface area contributed by atoms with Crippen molar-refractivity contribution in [3.05, 3.63) is 65.9 Å². The summed E-state index contributed by atoms with van der Waals surface area (Å²) in [5, 5.41) is 3.82. The normalized spacial score (nSPS) is 14.4. The van der Waals surface area contributed by atoms with E-state index in [2.05, 4.69) is 22.2 Å². The Labute approximate surface area is 204 Å². The van der Waals surface area contributed by atoms with Gasteiger partial charge in [0, 0.05) is 51.8 Å². The Bertz CT molecular complexity index is 1060. The van der Waals surface area contributed by atoms with E-state index in [0.717, 1.165) is 54.8 Å². The molecule has 0 spiro atoms. The van der Waals surface area contributed by atoms with Gasteiger partial charge in [-0.25, -0.2) is 4.98 Å². The number of aromatic nitrogens is 2. The van der Waals surface area contributed by atoms with Crippen molar-refractivity contribution in [2.75, 3.05) is 33.4 Å². The fraction of sp³-hybridized carbons (Fsp3) is 0.440. The minimum absolute atomic E-state index is 0.238. The summed E-state index contributed by atoms with van der Waals surface area (Å²) in [7, 11) is 4.09. The molecule has 34 heavy (non-hydrogen) atoms. The van der Waals surface area contributed by atoms with Crippen LogP contribution in [0.25, 0.3) is 0 Å². The van der Waals surface area contributed by atoms with E-state index in [9.17, 15) is 4.79 Å². The first-order valence-electron chi connectivity index (χ1n) is 11.6. The van der Waals surface area contributed by atoms with Crippen LogP contribution >= 0.6 is 11.8 Å². The maximum atomic E-state index is 12.5. The number of carbonyl (C=O) groups excluding carboxylic acids is 1. The van der Waals surface area contributed by atoms with Crippen LogP contribution in [0.2, 0.25) is 0 Å². The third kappa shape index (κ3) is 6.88. The SMILES string of the molecule is CN(CCOc1cccc(CNC(=O)c2ccc(CSc3nccn3C)o2)c1)C1CCOCC1. The zero-order valence-corrected chi connectivity index (χ0v) is 20.6. The third-order valence-corrected chi connectivity index (χ3v) is 6.96. The van der Waals surface area contributed by atoms with Crippen LogP contribution in [0.3, 0.4) is 0 Å². The smallest absolute Gasteiger partial charge is 0.287 e. The van der Waals surface area contributed by atoms with E-state index in [1.807, 2.05) is 48.1 Å². The molecule has 1 aliphatic heterocycles. The number of rotatable bonds is 11. The first-order valence-corrected chi connectivity index (χ1v) is 12.5. The first-order chi connectivity index (χ1) is 16.6. The first kappa shape index (κ1) is 24.4. The molecule has 0 aliphatic carbocycles. The predicted molar refractivity (Wildman–Crippen MR) is 131 cm³/mol. The van der Waals surface area contributed by atoms with Crippen molar-refractivity contribution in [3.63, 3.8) is 0 Å². The molecule has 8 nitrogen and oxygen atoms in total. The molecule has 3 aromatic rings. The molecule has 182 valence electrons. The second kappa shape index (κ2) is 12.1. The highest BCUT2D eigenvalue weighted by atomic mass is 32.2. The molecule has 0 unspecified atom stereocenters. The van der Waals surface area contributed by atoms with E-state index in [0.29, 0.717) is 30.7 Å². The molecule has 1 fully saturated rings. The van der Waals surface area contributed by atoms with Gasteiger partial charge in [0.2, 0.25) is 0 Å². The lowest BCUT2D eigenvalue weighted by Gasteiger charge is -2.31. The Balaban J connectivity index is 1.20. The Morgan fingerprint density at radius 1 is 1.29 bits per heavy atom. The Morgan fingerprint density at radius 2 is 2.15 bits per heavy atom. The number of likely N-dealkylation sites (N-methyl/N-ethyl adjacent to an activating group) is 1. The number of nitrogens with zero attached hydrogens (tertiary/aromatic N) is 3. The summed E-state index contributed by atoms with van der Waals surface area (Å²) in [5.41, 5.74) is 0.973. The summed E-state index contributed by atoms with van der Waals surface area (Å²) >= 11 is 1.56. The lowest BCUT2D eigenvalue weighted by Crippen LogP contribution is -2.38. The van der Waals surface area contributed by atoms with Crippen LogP contribution in [-0.4, -0.2) is 59.8 Å². The number of carbonyl (C=O) groups is 1. The average Bonchev–Trinajstić information content (AvgIpc) is 3.51. The van der Waals surface area contributed by atoms with Crippen molar-refractivity contribution < 1.29 is 18.7 Å². The fourth-order valence-corrected chi connectivity index (χ4v) is 4.66. The van der Waals surface area contributed by atoms with Gasteiger partial charge in [-0.1, -0.05) is 23.9 Å². The van der Waals surface area contributed by atoms with E-state index in [1.165, 1.54) is 0 Å². The molecule has 3 heterocycles. The van der Waals surface area contributed by atoms with Crippen molar-refractivity contribution in [2.24, 2.45) is 7.05 Å². The van der Waals surface area contributed by atoms with Crippen LogP contribution in [-0.2, 0) is 24.1 Å². The maximum absolute atomic E-state index is 12.5. The van der Waals surface area contributed by atoms with Gasteiger partial charge in [-0.3, -0.25) is 9.69 Å². The van der Waals surface area contributed by atoms with E-state index >= 15 is 0 Å². The summed E-state index contributed by atoms with van der Waals surface area (Å²) in [6.07, 6.45) is 5.81. The van der Waals surface area contributed by atoms with Gasteiger partial charge in [-0.05, 0) is 49.7 Å². The van der Waals surface area contributed by atoms with E-state index < -0.39 is 0 Å². The molecular formula is C25H32N4O4S. The second-order valence-corrected chi connectivity index (χ2v) is 9.32. The molecular weight excluding hydrogens is 452 g/mol. The van der Waals surface area contributed by atoms with Gasteiger partial charge in [-0.15, -0.1) is 0 Å². The zero-order valence-electron chi connectivity index (χ0n) is 19.7. The predicted octanol–water partition coefficient (Wildman–Crippen LogP) is 3.73. The molecule has 1 N–H and O–H groups in total. The number of ether oxygens (including phenoxy) is 2. The molecule has 0 radical (unpaired) electrons. The number of aryl methyl sites for hydroxylation is 1. The Morgan fingerprint density at radius 3 is 2.94 bits per heavy atom. The minimum atomic E-state index is -0.238. The van der Waals surface area contributed by atoms with Crippen molar-refractivity contribution in [2.45, 2.75) is 36.3 Å². The largest absolute Gasteiger partial charge is 0.492 e. The monoisotopic (exact) mass is 484 g/mol. The summed E-state index contributed by atoms with van der Waals surface area (Å²) < 4.78 is 19.1. The summed E-state index contributed by atoms with van der Waals surface area (Å²) in [6.45, 7) is 3.57. The average molecular weight is 485 g/mol. The fourth-order valence-electron chi connectivity index (χ4n) is 3.83. The van der Waals surface area contributed by atoms with Gasteiger partial charge in [0.25, 0.3) is 5.91 Å². The number of thioether (sulfide) groups is 1. The van der Waals surface area contributed by atoms with Crippen LogP contribution in [0.4, 0.5) is 0 Å². The maximum Gasteiger partial charge on any atom is 0.287 e. The number of furan rings is 1. The molecule has 1 aliphatic rings. The highest BCUT2D eigenvalue weighted by Gasteiger charge is 2.18. The molecule has 0 bridgehead atoms. The quantitative estimate of drug-likeness (QED) is 0.415. The Kier molecular flexibility index (Phi) is 8.67. The summed E-state index contributed by atoms with van der Waals surface area (Å²) in [6, 6.07) is 11.9. The number of benzene rings is 1. The number of amides is 1. The molecule has 0 saturated carbocycles. The van der Waals surface area contributed by atoms with Crippen molar-refractivity contribution in [1.29, 1.82) is 0 Å².